The number of hydrogen-bond acceptors (Lipinski definition) is 3. The molecule has 0 aliphatic rings. The van der Waals surface area contributed by atoms with Crippen molar-refractivity contribution in [2.45, 2.75) is 32.1 Å². The molecule has 0 aromatic carbocycles. The van der Waals surface area contributed by atoms with Crippen LogP contribution in [0, 0.1) is 6.92 Å². The fourth-order valence-electron chi connectivity index (χ4n) is 1.20. The van der Waals surface area contributed by atoms with Gasteiger partial charge in [0.1, 0.15) is 5.76 Å². The molecule has 5 heteroatoms. The molecule has 0 bridgehead atoms. The van der Waals surface area contributed by atoms with Crippen molar-refractivity contribution in [3.05, 3.63) is 23.7 Å². The maximum Gasteiger partial charge on any atom is 0.315 e. The molecule has 4 nitrogen and oxygen atoms in total. The Morgan fingerprint density at radius 3 is 2.71 bits per heavy atom. The van der Waals surface area contributed by atoms with Crippen LogP contribution in [0.3, 0.4) is 0 Å². The molecule has 1 aromatic rings. The smallest absolute Gasteiger partial charge is 0.315 e. The van der Waals surface area contributed by atoms with Gasteiger partial charge in [0.05, 0.1) is 6.26 Å². The summed E-state index contributed by atoms with van der Waals surface area (Å²) in [6.07, 6.45) is 3.66. The van der Waals surface area contributed by atoms with Crippen molar-refractivity contribution >= 4 is 17.8 Å². The molecule has 2 amide bonds. The predicted octanol–water partition coefficient (Wildman–Crippen LogP) is 2.53. The summed E-state index contributed by atoms with van der Waals surface area (Å²) >= 11 is 1.73. The van der Waals surface area contributed by atoms with E-state index in [1.54, 1.807) is 18.0 Å². The van der Waals surface area contributed by atoms with Crippen molar-refractivity contribution in [2.75, 3.05) is 12.8 Å². The van der Waals surface area contributed by atoms with E-state index < -0.39 is 0 Å². The lowest BCUT2D eigenvalue weighted by Crippen LogP contribution is -2.41. The van der Waals surface area contributed by atoms with E-state index in [4.69, 9.17) is 4.42 Å². The van der Waals surface area contributed by atoms with Crippen LogP contribution in [0.2, 0.25) is 0 Å². The van der Waals surface area contributed by atoms with E-state index >= 15 is 0 Å². The highest BCUT2D eigenvalue weighted by atomic mass is 32.2. The van der Waals surface area contributed by atoms with Gasteiger partial charge < -0.3 is 15.1 Å². The molecule has 0 aliphatic carbocycles. The Morgan fingerprint density at radius 2 is 2.18 bits per heavy atom. The molecule has 0 unspecified atom stereocenters. The first kappa shape index (κ1) is 14.0. The number of rotatable bonds is 5. The van der Waals surface area contributed by atoms with Gasteiger partial charge in [0.2, 0.25) is 0 Å². The number of nitrogens with one attached hydrogen (secondary N) is 2. The van der Waals surface area contributed by atoms with E-state index in [0.29, 0.717) is 13.1 Å². The van der Waals surface area contributed by atoms with Crippen molar-refractivity contribution < 1.29 is 9.21 Å². The van der Waals surface area contributed by atoms with E-state index in [1.807, 2.05) is 19.2 Å². The van der Waals surface area contributed by atoms with Gasteiger partial charge in [0.15, 0.2) is 0 Å². The molecule has 1 aromatic heterocycles. The van der Waals surface area contributed by atoms with Crippen LogP contribution in [-0.2, 0) is 6.54 Å². The highest BCUT2D eigenvalue weighted by molar-refractivity contribution is 7.99. The zero-order valence-electron chi connectivity index (χ0n) is 10.8. The number of carbonyl (C=O) groups is 1. The molecular weight excluding hydrogens is 236 g/mol. The zero-order valence-corrected chi connectivity index (χ0v) is 11.6. The summed E-state index contributed by atoms with van der Waals surface area (Å²) in [5, 5.41) is 5.66. The van der Waals surface area contributed by atoms with Crippen LogP contribution in [0.5, 0.6) is 0 Å². The van der Waals surface area contributed by atoms with E-state index in [-0.39, 0.29) is 10.8 Å². The van der Waals surface area contributed by atoms with Crippen LogP contribution in [0.4, 0.5) is 4.79 Å². The summed E-state index contributed by atoms with van der Waals surface area (Å²) in [6, 6.07) is 1.72. The molecule has 0 radical (unpaired) electrons. The van der Waals surface area contributed by atoms with Crippen LogP contribution in [0.25, 0.3) is 0 Å². The van der Waals surface area contributed by atoms with Gasteiger partial charge in [-0.2, -0.15) is 11.8 Å². The molecule has 2 N–H and O–H groups in total. The maximum atomic E-state index is 11.6. The average Bonchev–Trinajstić information content (AvgIpc) is 2.70. The van der Waals surface area contributed by atoms with E-state index in [9.17, 15) is 4.79 Å². The van der Waals surface area contributed by atoms with Gasteiger partial charge >= 0.3 is 6.03 Å². The lowest BCUT2D eigenvalue weighted by atomic mass is 10.2. The minimum Gasteiger partial charge on any atom is -0.469 e. The van der Waals surface area contributed by atoms with Gasteiger partial charge in [0.25, 0.3) is 0 Å². The van der Waals surface area contributed by atoms with E-state index in [2.05, 4.69) is 24.5 Å². The van der Waals surface area contributed by atoms with Crippen LogP contribution < -0.4 is 10.6 Å². The number of furan rings is 1. The first-order chi connectivity index (χ1) is 7.94. The molecule has 1 heterocycles. The second-order valence-corrected chi connectivity index (χ2v) is 6.02. The van der Waals surface area contributed by atoms with Gasteiger partial charge in [-0.1, -0.05) is 0 Å². The Kier molecular flexibility index (Phi) is 4.93. The summed E-state index contributed by atoms with van der Waals surface area (Å²) in [5.41, 5.74) is 1.00. The van der Waals surface area contributed by atoms with Gasteiger partial charge in [-0.25, -0.2) is 4.79 Å². The third-order valence-corrected chi connectivity index (χ3v) is 3.88. The molecule has 0 saturated carbocycles. The van der Waals surface area contributed by atoms with Gasteiger partial charge in [-0.3, -0.25) is 0 Å². The third-order valence-electron chi connectivity index (χ3n) is 2.63. The normalized spacial score (nSPS) is 11.3. The molecule has 0 fully saturated rings. The molecule has 17 heavy (non-hydrogen) atoms. The standard InChI is InChI=1S/C12H20N2O2S/c1-9-10(5-6-16-9)7-13-11(15)14-8-12(2,3)17-4/h5-6H,7-8H2,1-4H3,(H2,13,14,15). The summed E-state index contributed by atoms with van der Waals surface area (Å²) in [5.74, 6) is 0.842. The van der Waals surface area contributed by atoms with Gasteiger partial charge in [-0.05, 0) is 33.1 Å². The largest absolute Gasteiger partial charge is 0.469 e. The highest BCUT2D eigenvalue weighted by Crippen LogP contribution is 2.19. The van der Waals surface area contributed by atoms with Crippen molar-refractivity contribution in [3.8, 4) is 0 Å². The van der Waals surface area contributed by atoms with Crippen LogP contribution in [0.1, 0.15) is 25.2 Å². The topological polar surface area (TPSA) is 54.3 Å². The van der Waals surface area contributed by atoms with Gasteiger partial charge in [0, 0.05) is 23.4 Å². The predicted molar refractivity (Wildman–Crippen MR) is 71.3 cm³/mol. The number of hydrogen-bond donors (Lipinski definition) is 2. The number of thioether (sulfide) groups is 1. The van der Waals surface area contributed by atoms with Crippen LogP contribution in [-0.4, -0.2) is 23.6 Å². The highest BCUT2D eigenvalue weighted by Gasteiger charge is 2.16. The maximum absolute atomic E-state index is 11.6. The second-order valence-electron chi connectivity index (χ2n) is 4.50. The number of amides is 2. The fraction of sp³-hybridized carbons (Fsp3) is 0.583. The number of urea groups is 1. The lowest BCUT2D eigenvalue weighted by Gasteiger charge is -2.22. The van der Waals surface area contributed by atoms with Crippen LogP contribution >= 0.6 is 11.8 Å². The first-order valence-corrected chi connectivity index (χ1v) is 6.77. The first-order valence-electron chi connectivity index (χ1n) is 5.54. The summed E-state index contributed by atoms with van der Waals surface area (Å²) in [4.78, 5) is 11.6. The Bertz CT molecular complexity index is 374. The summed E-state index contributed by atoms with van der Waals surface area (Å²) < 4.78 is 5.21. The quantitative estimate of drug-likeness (QED) is 0.851. The molecule has 0 spiro atoms. The monoisotopic (exact) mass is 256 g/mol. The fourth-order valence-corrected chi connectivity index (χ4v) is 1.41. The number of aryl methyl sites for hydroxylation is 1. The SMILES string of the molecule is CSC(C)(C)CNC(=O)NCc1ccoc1C. The van der Waals surface area contributed by atoms with Crippen molar-refractivity contribution in [3.63, 3.8) is 0 Å². The Hall–Kier alpha value is -1.10. The van der Waals surface area contributed by atoms with Crippen molar-refractivity contribution in [1.82, 2.24) is 10.6 Å². The summed E-state index contributed by atoms with van der Waals surface area (Å²) in [7, 11) is 0. The van der Waals surface area contributed by atoms with Crippen LogP contribution in [0.15, 0.2) is 16.7 Å². The van der Waals surface area contributed by atoms with Crippen molar-refractivity contribution in [1.29, 1.82) is 0 Å². The number of carbonyl (C=O) groups excluding carboxylic acids is 1. The second kappa shape index (κ2) is 6.00. The Morgan fingerprint density at radius 1 is 1.47 bits per heavy atom. The molecule has 0 saturated heterocycles. The zero-order chi connectivity index (χ0) is 12.9. The molecule has 96 valence electrons. The van der Waals surface area contributed by atoms with Crippen molar-refractivity contribution in [2.24, 2.45) is 0 Å². The van der Waals surface area contributed by atoms with E-state index in [1.165, 1.54) is 0 Å². The average molecular weight is 256 g/mol. The van der Waals surface area contributed by atoms with E-state index in [0.717, 1.165) is 11.3 Å². The summed E-state index contributed by atoms with van der Waals surface area (Å²) in [6.45, 7) is 7.21. The van der Waals surface area contributed by atoms with Gasteiger partial charge in [-0.15, -0.1) is 0 Å². The lowest BCUT2D eigenvalue weighted by molar-refractivity contribution is 0.239. The minimum absolute atomic E-state index is 0.0584. The third kappa shape index (κ3) is 4.73. The molecular formula is C12H20N2O2S. The molecule has 1 rings (SSSR count). The Labute approximate surface area is 107 Å². The molecule has 0 aliphatic heterocycles. The molecule has 0 atom stereocenters. The Balaban J connectivity index is 2.29. The minimum atomic E-state index is -0.146.